The van der Waals surface area contributed by atoms with E-state index in [9.17, 15) is 4.79 Å². The first kappa shape index (κ1) is 16.3. The van der Waals surface area contributed by atoms with E-state index >= 15 is 0 Å². The highest BCUT2D eigenvalue weighted by Gasteiger charge is 2.27. The van der Waals surface area contributed by atoms with Crippen molar-refractivity contribution in [3.05, 3.63) is 22.4 Å². The van der Waals surface area contributed by atoms with Crippen LogP contribution in [0.25, 0.3) is 0 Å². The topological polar surface area (TPSA) is 44.4 Å². The van der Waals surface area contributed by atoms with E-state index in [1.807, 2.05) is 0 Å². The molecule has 0 spiro atoms. The molecule has 0 saturated carbocycles. The number of nitrogens with zero attached hydrogens (tertiary/aromatic N) is 1. The summed E-state index contributed by atoms with van der Waals surface area (Å²) >= 11 is 3.59. The van der Waals surface area contributed by atoms with Gasteiger partial charge in [-0.15, -0.1) is 23.1 Å². The monoisotopic (exact) mass is 339 g/mol. The van der Waals surface area contributed by atoms with Crippen molar-refractivity contribution < 1.29 is 4.79 Å². The number of piperidine rings is 1. The highest BCUT2D eigenvalue weighted by atomic mass is 32.2. The Bertz CT molecular complexity index is 466. The van der Waals surface area contributed by atoms with Crippen LogP contribution < -0.4 is 10.6 Å². The normalized spacial score (nSPS) is 25.2. The zero-order chi connectivity index (χ0) is 15.4. The summed E-state index contributed by atoms with van der Waals surface area (Å²) in [6, 6.07) is 4.61. The van der Waals surface area contributed by atoms with Crippen LogP contribution in [0.2, 0.25) is 0 Å². The van der Waals surface area contributed by atoms with E-state index in [1.54, 1.807) is 23.1 Å². The summed E-state index contributed by atoms with van der Waals surface area (Å²) in [6.07, 6.45) is 2.52. The van der Waals surface area contributed by atoms with Gasteiger partial charge in [0.1, 0.15) is 0 Å². The molecule has 122 valence electrons. The molecule has 2 aliphatic heterocycles. The minimum atomic E-state index is -0.0182. The summed E-state index contributed by atoms with van der Waals surface area (Å²) in [7, 11) is 0. The molecular formula is C16H25N3OS2. The molecule has 6 heteroatoms. The minimum absolute atomic E-state index is 0.0182. The van der Waals surface area contributed by atoms with E-state index in [0.29, 0.717) is 6.04 Å². The van der Waals surface area contributed by atoms with Crippen LogP contribution in [0.4, 0.5) is 0 Å². The van der Waals surface area contributed by atoms with Gasteiger partial charge < -0.3 is 5.32 Å². The summed E-state index contributed by atoms with van der Waals surface area (Å²) in [5.74, 6) is 2.75. The van der Waals surface area contributed by atoms with Gasteiger partial charge in [0, 0.05) is 23.1 Å². The van der Waals surface area contributed by atoms with Crippen molar-refractivity contribution >= 4 is 29.0 Å². The fraction of sp³-hybridized carbons (Fsp3) is 0.688. The third-order valence-corrected chi connectivity index (χ3v) is 6.55. The average Bonchev–Trinajstić information content (AvgIpc) is 3.22. The van der Waals surface area contributed by atoms with Gasteiger partial charge in [-0.3, -0.25) is 15.0 Å². The van der Waals surface area contributed by atoms with Crippen LogP contribution in [0.3, 0.4) is 0 Å². The van der Waals surface area contributed by atoms with Crippen LogP contribution in [-0.4, -0.2) is 48.1 Å². The molecule has 2 atom stereocenters. The summed E-state index contributed by atoms with van der Waals surface area (Å²) in [5.41, 5.74) is 0. The van der Waals surface area contributed by atoms with Gasteiger partial charge in [-0.1, -0.05) is 13.0 Å². The molecule has 22 heavy (non-hydrogen) atoms. The molecule has 2 fully saturated rings. The molecule has 2 aliphatic rings. The maximum atomic E-state index is 12.3. The Kier molecular flexibility index (Phi) is 5.79. The Morgan fingerprint density at radius 1 is 1.50 bits per heavy atom. The standard InChI is InChI=1S/C16H25N3OS2/c1-12-4-6-19(7-5-12)14(15-3-2-8-22-15)9-17-16(20)13-10-21-11-18-13/h2-3,8,12-14,18H,4-7,9-11H2,1H3,(H,17,20). The molecule has 0 bridgehead atoms. The highest BCUT2D eigenvalue weighted by molar-refractivity contribution is 7.99. The SMILES string of the molecule is CC1CCN(C(CNC(=O)C2CSCN2)c2cccs2)CC1. The second kappa shape index (κ2) is 7.81. The number of hydrogen-bond acceptors (Lipinski definition) is 5. The lowest BCUT2D eigenvalue weighted by molar-refractivity contribution is -0.122. The Labute approximate surface area is 141 Å². The van der Waals surface area contributed by atoms with Crippen LogP contribution >= 0.6 is 23.1 Å². The Morgan fingerprint density at radius 2 is 2.32 bits per heavy atom. The summed E-state index contributed by atoms with van der Waals surface area (Å²) in [5, 5.41) is 8.54. The Balaban J connectivity index is 1.60. The lowest BCUT2D eigenvalue weighted by atomic mass is 9.97. The third-order valence-electron chi connectivity index (χ3n) is 4.63. The van der Waals surface area contributed by atoms with E-state index in [2.05, 4.69) is 40.0 Å². The van der Waals surface area contributed by atoms with Crippen molar-refractivity contribution in [2.45, 2.75) is 31.8 Å². The van der Waals surface area contributed by atoms with Crippen LogP contribution in [0.5, 0.6) is 0 Å². The largest absolute Gasteiger partial charge is 0.353 e. The predicted molar refractivity (Wildman–Crippen MR) is 94.3 cm³/mol. The number of carbonyl (C=O) groups excluding carboxylic acids is 1. The first-order chi connectivity index (χ1) is 10.7. The molecule has 3 heterocycles. The molecule has 1 aromatic heterocycles. The molecule has 4 nitrogen and oxygen atoms in total. The minimum Gasteiger partial charge on any atom is -0.353 e. The van der Waals surface area contributed by atoms with E-state index in [1.165, 1.54) is 17.7 Å². The van der Waals surface area contributed by atoms with E-state index < -0.39 is 0 Å². The van der Waals surface area contributed by atoms with Gasteiger partial charge in [0.05, 0.1) is 12.1 Å². The zero-order valence-corrected chi connectivity index (χ0v) is 14.7. The van der Waals surface area contributed by atoms with Crippen molar-refractivity contribution in [3.8, 4) is 0 Å². The number of thioether (sulfide) groups is 1. The molecule has 2 saturated heterocycles. The average molecular weight is 340 g/mol. The number of likely N-dealkylation sites (tertiary alicyclic amines) is 1. The predicted octanol–water partition coefficient (Wildman–Crippen LogP) is 2.30. The number of thiophene rings is 1. The van der Waals surface area contributed by atoms with E-state index in [4.69, 9.17) is 0 Å². The van der Waals surface area contributed by atoms with Crippen molar-refractivity contribution in [2.24, 2.45) is 5.92 Å². The molecule has 1 aromatic rings. The van der Waals surface area contributed by atoms with Gasteiger partial charge >= 0.3 is 0 Å². The first-order valence-corrected chi connectivity index (χ1v) is 10.1. The van der Waals surface area contributed by atoms with Crippen molar-refractivity contribution in [2.75, 3.05) is 31.3 Å². The van der Waals surface area contributed by atoms with Crippen molar-refractivity contribution in [3.63, 3.8) is 0 Å². The van der Waals surface area contributed by atoms with Gasteiger partial charge in [0.2, 0.25) is 5.91 Å². The lowest BCUT2D eigenvalue weighted by Crippen LogP contribution is -2.46. The third kappa shape index (κ3) is 4.04. The summed E-state index contributed by atoms with van der Waals surface area (Å²) in [4.78, 5) is 16.2. The fourth-order valence-electron chi connectivity index (χ4n) is 3.11. The Hall–Kier alpha value is -0.560. The fourth-order valence-corrected chi connectivity index (χ4v) is 4.92. The van der Waals surface area contributed by atoms with Crippen LogP contribution in [-0.2, 0) is 4.79 Å². The van der Waals surface area contributed by atoms with Crippen LogP contribution in [0, 0.1) is 5.92 Å². The summed E-state index contributed by atoms with van der Waals surface area (Å²) < 4.78 is 0. The second-order valence-electron chi connectivity index (χ2n) is 6.27. The highest BCUT2D eigenvalue weighted by Crippen LogP contribution is 2.29. The van der Waals surface area contributed by atoms with Gasteiger partial charge in [0.15, 0.2) is 0 Å². The number of carbonyl (C=O) groups is 1. The van der Waals surface area contributed by atoms with Gasteiger partial charge in [-0.05, 0) is 43.3 Å². The maximum Gasteiger partial charge on any atom is 0.238 e. The smallest absolute Gasteiger partial charge is 0.238 e. The van der Waals surface area contributed by atoms with Crippen molar-refractivity contribution in [1.82, 2.24) is 15.5 Å². The lowest BCUT2D eigenvalue weighted by Gasteiger charge is -2.36. The van der Waals surface area contributed by atoms with Gasteiger partial charge in [-0.2, -0.15) is 0 Å². The Morgan fingerprint density at radius 3 is 2.95 bits per heavy atom. The molecular weight excluding hydrogens is 314 g/mol. The van der Waals surface area contributed by atoms with Gasteiger partial charge in [-0.25, -0.2) is 0 Å². The quantitative estimate of drug-likeness (QED) is 0.864. The molecule has 0 aliphatic carbocycles. The zero-order valence-electron chi connectivity index (χ0n) is 13.1. The molecule has 2 N–H and O–H groups in total. The van der Waals surface area contributed by atoms with Crippen molar-refractivity contribution in [1.29, 1.82) is 0 Å². The number of nitrogens with one attached hydrogen (secondary N) is 2. The van der Waals surface area contributed by atoms with Crippen LogP contribution in [0.15, 0.2) is 17.5 Å². The second-order valence-corrected chi connectivity index (χ2v) is 8.28. The first-order valence-electron chi connectivity index (χ1n) is 8.10. The molecule has 3 rings (SSSR count). The van der Waals surface area contributed by atoms with E-state index in [0.717, 1.165) is 37.2 Å². The summed E-state index contributed by atoms with van der Waals surface area (Å²) in [6.45, 7) is 5.33. The van der Waals surface area contributed by atoms with E-state index in [-0.39, 0.29) is 11.9 Å². The van der Waals surface area contributed by atoms with Crippen LogP contribution in [0.1, 0.15) is 30.7 Å². The maximum absolute atomic E-state index is 12.3. The molecule has 1 amide bonds. The van der Waals surface area contributed by atoms with Gasteiger partial charge in [0.25, 0.3) is 0 Å². The number of hydrogen-bond donors (Lipinski definition) is 2. The molecule has 2 unspecified atom stereocenters. The number of amides is 1. The number of rotatable bonds is 5. The molecule has 0 aromatic carbocycles. The molecule has 0 radical (unpaired) electrons.